The van der Waals surface area contributed by atoms with E-state index in [1.165, 1.54) is 0 Å². The molecule has 0 saturated carbocycles. The van der Waals surface area contributed by atoms with Gasteiger partial charge < -0.3 is 9.30 Å². The van der Waals surface area contributed by atoms with Crippen molar-refractivity contribution in [1.82, 2.24) is 14.9 Å². The molecule has 0 fully saturated rings. The molecule has 17 heavy (non-hydrogen) atoms. The van der Waals surface area contributed by atoms with Crippen molar-refractivity contribution >= 4 is 5.97 Å². The number of carbonyl (C=O) groups excluding carboxylic acids is 1. The number of nitrogens with one attached hydrogen (secondary N) is 1. The van der Waals surface area contributed by atoms with Gasteiger partial charge in [-0.2, -0.15) is 0 Å². The van der Waals surface area contributed by atoms with Gasteiger partial charge in [0, 0.05) is 6.54 Å². The first-order valence-corrected chi connectivity index (χ1v) is 5.58. The minimum Gasteiger partial charge on any atom is -0.465 e. The fraction of sp³-hybridized carbons (Fsp3) is 0.500. The van der Waals surface area contributed by atoms with Gasteiger partial charge in [0.1, 0.15) is 6.04 Å². The monoisotopic (exact) mass is 235 g/mol. The predicted molar refractivity (Wildman–Crippen MR) is 64.1 cm³/mol. The van der Waals surface area contributed by atoms with Crippen LogP contribution in [-0.2, 0) is 16.1 Å². The van der Waals surface area contributed by atoms with Crippen LogP contribution in [-0.4, -0.2) is 28.7 Å². The fourth-order valence-corrected chi connectivity index (χ4v) is 1.53. The number of ether oxygens (including phenoxy) is 1. The highest BCUT2D eigenvalue weighted by atomic mass is 16.5. The summed E-state index contributed by atoms with van der Waals surface area (Å²) in [5, 5.41) is 2.96. The highest BCUT2D eigenvalue weighted by molar-refractivity contribution is 5.77. The number of esters is 1. The topological polar surface area (TPSA) is 56.1 Å². The summed E-state index contributed by atoms with van der Waals surface area (Å²) in [5.74, 6) is 2.11. The molecule has 1 heterocycles. The van der Waals surface area contributed by atoms with Crippen LogP contribution in [0.4, 0.5) is 0 Å². The third kappa shape index (κ3) is 3.33. The van der Waals surface area contributed by atoms with Gasteiger partial charge in [-0.3, -0.25) is 5.32 Å². The lowest BCUT2D eigenvalue weighted by Crippen LogP contribution is -2.32. The summed E-state index contributed by atoms with van der Waals surface area (Å²) in [5.41, 5.74) is 0.765. The Morgan fingerprint density at radius 2 is 2.47 bits per heavy atom. The van der Waals surface area contributed by atoms with Crippen LogP contribution in [0.25, 0.3) is 0 Å². The van der Waals surface area contributed by atoms with E-state index in [1.54, 1.807) is 19.4 Å². The number of hydrogen-bond acceptors (Lipinski definition) is 4. The molecule has 0 aliphatic carbocycles. The van der Waals surface area contributed by atoms with Crippen LogP contribution in [0.1, 0.15) is 25.6 Å². The zero-order valence-electron chi connectivity index (χ0n) is 10.1. The van der Waals surface area contributed by atoms with E-state index in [0.29, 0.717) is 13.2 Å². The first-order valence-electron chi connectivity index (χ1n) is 5.58. The van der Waals surface area contributed by atoms with Gasteiger partial charge in [-0.1, -0.05) is 5.92 Å². The normalized spacial score (nSPS) is 11.8. The number of rotatable bonds is 6. The lowest BCUT2D eigenvalue weighted by atomic mass is 10.2. The second-order valence-corrected chi connectivity index (χ2v) is 3.37. The van der Waals surface area contributed by atoms with Crippen molar-refractivity contribution in [2.75, 3.05) is 13.2 Å². The van der Waals surface area contributed by atoms with Crippen LogP contribution in [0, 0.1) is 12.3 Å². The Morgan fingerprint density at radius 1 is 1.71 bits per heavy atom. The second kappa shape index (κ2) is 6.71. The van der Waals surface area contributed by atoms with Crippen molar-refractivity contribution in [3.63, 3.8) is 0 Å². The average Bonchev–Trinajstić information content (AvgIpc) is 2.78. The molecule has 0 radical (unpaired) electrons. The van der Waals surface area contributed by atoms with Crippen LogP contribution in [0.2, 0.25) is 0 Å². The van der Waals surface area contributed by atoms with Crippen molar-refractivity contribution in [2.45, 2.75) is 26.4 Å². The van der Waals surface area contributed by atoms with Crippen molar-refractivity contribution in [2.24, 2.45) is 0 Å². The van der Waals surface area contributed by atoms with E-state index in [9.17, 15) is 4.79 Å². The minimum atomic E-state index is -0.562. The molecule has 0 aliphatic heterocycles. The summed E-state index contributed by atoms with van der Waals surface area (Å²) in [6, 6.07) is -0.562. The van der Waals surface area contributed by atoms with Crippen LogP contribution in [0.5, 0.6) is 0 Å². The third-order valence-corrected chi connectivity index (χ3v) is 2.31. The van der Waals surface area contributed by atoms with Gasteiger partial charge in [0.2, 0.25) is 0 Å². The molecule has 5 heteroatoms. The molecular formula is C12H17N3O2. The van der Waals surface area contributed by atoms with Crippen LogP contribution in [0.15, 0.2) is 12.5 Å². The van der Waals surface area contributed by atoms with Gasteiger partial charge in [0.15, 0.2) is 0 Å². The summed E-state index contributed by atoms with van der Waals surface area (Å²) in [7, 11) is 0. The summed E-state index contributed by atoms with van der Waals surface area (Å²) in [6.45, 7) is 5.14. The number of nitrogens with zero attached hydrogens (tertiary/aromatic N) is 2. The molecule has 0 saturated heterocycles. The maximum Gasteiger partial charge on any atom is 0.329 e. The van der Waals surface area contributed by atoms with E-state index >= 15 is 0 Å². The average molecular weight is 235 g/mol. The van der Waals surface area contributed by atoms with Crippen molar-refractivity contribution in [3.8, 4) is 12.3 Å². The molecule has 1 N–H and O–H groups in total. The molecule has 0 bridgehead atoms. The Bertz CT molecular complexity index is 406. The maximum atomic E-state index is 11.8. The van der Waals surface area contributed by atoms with Gasteiger partial charge in [-0.05, 0) is 13.8 Å². The molecule has 0 aliphatic rings. The predicted octanol–water partition coefficient (Wildman–Crippen LogP) is 0.730. The Labute approximate surface area is 101 Å². The van der Waals surface area contributed by atoms with Crippen molar-refractivity contribution in [1.29, 1.82) is 0 Å². The van der Waals surface area contributed by atoms with E-state index in [2.05, 4.69) is 16.2 Å². The van der Waals surface area contributed by atoms with Gasteiger partial charge >= 0.3 is 5.97 Å². The zero-order valence-corrected chi connectivity index (χ0v) is 10.1. The van der Waals surface area contributed by atoms with Gasteiger partial charge in [-0.15, -0.1) is 6.42 Å². The largest absolute Gasteiger partial charge is 0.465 e. The SMILES string of the molecule is C#CCNC(C(=O)OCC)c1cncn1CC. The molecular weight excluding hydrogens is 218 g/mol. The molecule has 1 rings (SSSR count). The van der Waals surface area contributed by atoms with E-state index in [1.807, 2.05) is 11.5 Å². The van der Waals surface area contributed by atoms with Gasteiger partial charge in [0.25, 0.3) is 0 Å². The third-order valence-electron chi connectivity index (χ3n) is 2.31. The smallest absolute Gasteiger partial charge is 0.329 e. The Balaban J connectivity index is 2.89. The summed E-state index contributed by atoms with van der Waals surface area (Å²) >= 11 is 0. The van der Waals surface area contributed by atoms with E-state index in [4.69, 9.17) is 11.2 Å². The molecule has 0 aromatic carbocycles. The molecule has 1 atom stereocenters. The molecule has 92 valence electrons. The highest BCUT2D eigenvalue weighted by Crippen LogP contribution is 2.14. The lowest BCUT2D eigenvalue weighted by Gasteiger charge is -2.17. The molecule has 0 amide bonds. The number of imidazole rings is 1. The Hall–Kier alpha value is -1.80. The van der Waals surface area contributed by atoms with E-state index in [-0.39, 0.29) is 5.97 Å². The van der Waals surface area contributed by atoms with E-state index < -0.39 is 6.04 Å². The standard InChI is InChI=1S/C12H17N3O2/c1-4-7-14-11(12(16)17-6-3)10-8-13-9-15(10)5-2/h1,8-9,11,14H,5-7H2,2-3H3. The molecule has 1 aromatic rings. The van der Waals surface area contributed by atoms with Gasteiger partial charge in [0.05, 0.1) is 31.4 Å². The quantitative estimate of drug-likeness (QED) is 0.583. The maximum absolute atomic E-state index is 11.8. The number of aryl methyl sites for hydroxylation is 1. The second-order valence-electron chi connectivity index (χ2n) is 3.37. The first kappa shape index (κ1) is 13.3. The molecule has 1 unspecified atom stereocenters. The summed E-state index contributed by atoms with van der Waals surface area (Å²) in [6.07, 6.45) is 8.51. The molecule has 1 aromatic heterocycles. The Morgan fingerprint density at radius 3 is 3.06 bits per heavy atom. The van der Waals surface area contributed by atoms with Crippen molar-refractivity contribution in [3.05, 3.63) is 18.2 Å². The lowest BCUT2D eigenvalue weighted by molar-refractivity contribution is -0.146. The number of hydrogen-bond donors (Lipinski definition) is 1. The van der Waals surface area contributed by atoms with Crippen LogP contribution >= 0.6 is 0 Å². The number of terminal acetylenes is 1. The first-order chi connectivity index (χ1) is 8.24. The number of carbonyl (C=O) groups is 1. The van der Waals surface area contributed by atoms with Crippen LogP contribution < -0.4 is 5.32 Å². The molecule has 5 nitrogen and oxygen atoms in total. The van der Waals surface area contributed by atoms with Crippen LogP contribution in [0.3, 0.4) is 0 Å². The van der Waals surface area contributed by atoms with Crippen molar-refractivity contribution < 1.29 is 9.53 Å². The summed E-state index contributed by atoms with van der Waals surface area (Å²) in [4.78, 5) is 15.8. The van der Waals surface area contributed by atoms with Gasteiger partial charge in [-0.25, -0.2) is 9.78 Å². The fourth-order valence-electron chi connectivity index (χ4n) is 1.53. The zero-order chi connectivity index (χ0) is 12.7. The highest BCUT2D eigenvalue weighted by Gasteiger charge is 2.24. The summed E-state index contributed by atoms with van der Waals surface area (Å²) < 4.78 is 6.89. The Kier molecular flexibility index (Phi) is 5.24. The minimum absolute atomic E-state index is 0.304. The van der Waals surface area contributed by atoms with E-state index in [0.717, 1.165) is 12.2 Å². The number of aromatic nitrogens is 2. The molecule has 0 spiro atoms.